The molecule has 0 aliphatic carbocycles. The van der Waals surface area contributed by atoms with Crippen LogP contribution in [0.25, 0.3) is 67.0 Å². The predicted octanol–water partition coefficient (Wildman–Crippen LogP) is 16.6. The van der Waals surface area contributed by atoms with Gasteiger partial charge in [0.2, 0.25) is 0 Å². The molecule has 0 aliphatic heterocycles. The van der Waals surface area contributed by atoms with E-state index in [0.717, 1.165) is 67.0 Å². The van der Waals surface area contributed by atoms with E-state index in [1.54, 1.807) is 0 Å². The molecule has 326 valence electrons. The molecule has 0 saturated carbocycles. The molecule has 0 spiro atoms. The Balaban J connectivity index is 0.00000290. The fourth-order valence-corrected chi connectivity index (χ4v) is 7.90. The molecule has 0 fully saturated rings. The second-order valence-corrected chi connectivity index (χ2v) is 20.5. The summed E-state index contributed by atoms with van der Waals surface area (Å²) in [4.78, 5) is 5.30. The van der Waals surface area contributed by atoms with E-state index in [9.17, 15) is 10.2 Å². The summed E-state index contributed by atoms with van der Waals surface area (Å²) in [6, 6.07) is 48.0. The number of para-hydroxylation sites is 2. The molecule has 1 aromatic heterocycles. The standard InChI is InChI=1S/C57H61NO2.2CH3.Hf/c1-54(2,3)38-30-36(31-39(34-38)55(4,5)6)42-24-17-26-48(52(42)59)44-20-13-15-22-46(44)50-28-19-29-51(58-50)47-23-16-14-21-45(47)49-27-18-25-43(53(49)60)37-32-40(56(7,8)9)35-41(33-37)57(10,11)12;;;/h13-35,59-60H,1-12H3;2*1H3;/q;2*-1;. The van der Waals surface area contributed by atoms with Crippen molar-refractivity contribution in [1.29, 1.82) is 0 Å². The third-order valence-corrected chi connectivity index (χ3v) is 11.8. The molecule has 63 heavy (non-hydrogen) atoms. The van der Waals surface area contributed by atoms with E-state index in [4.69, 9.17) is 4.98 Å². The zero-order chi connectivity index (χ0) is 43.4. The third-order valence-electron chi connectivity index (χ3n) is 11.8. The summed E-state index contributed by atoms with van der Waals surface area (Å²) in [6.07, 6.45) is 0. The minimum absolute atomic E-state index is 0. The van der Waals surface area contributed by atoms with Crippen molar-refractivity contribution in [2.75, 3.05) is 0 Å². The van der Waals surface area contributed by atoms with Crippen molar-refractivity contribution in [2.45, 2.75) is 105 Å². The number of pyridine rings is 1. The number of phenols is 2. The number of aromatic nitrogens is 1. The molecule has 0 saturated heterocycles. The Morgan fingerprint density at radius 3 is 0.873 bits per heavy atom. The first-order chi connectivity index (χ1) is 28.1. The second-order valence-electron chi connectivity index (χ2n) is 20.5. The molecule has 6 aromatic carbocycles. The van der Waals surface area contributed by atoms with Gasteiger partial charge >= 0.3 is 0 Å². The molecule has 7 aromatic rings. The fraction of sp³-hybridized carbons (Fsp3) is 0.271. The van der Waals surface area contributed by atoms with Crippen LogP contribution in [0.3, 0.4) is 0 Å². The monoisotopic (exact) mass is 1000 g/mol. The maximum atomic E-state index is 12.1. The Labute approximate surface area is 398 Å². The number of rotatable bonds is 6. The molecule has 4 heteroatoms. The van der Waals surface area contributed by atoms with Crippen LogP contribution >= 0.6 is 0 Å². The molecule has 0 radical (unpaired) electrons. The molecule has 2 N–H and O–H groups in total. The average molecular weight is 1000 g/mol. The SMILES string of the molecule is CC(C)(C)c1cc(-c2cccc(-c3ccccc3-c3cccc(-c4ccccc4-c4cccc(-c5cc(C(C)(C)C)cc(C(C)(C)C)c5)c4O)n3)c2O)cc(C(C)(C)C)c1.[CH3-].[CH3-].[Hf]. The summed E-state index contributed by atoms with van der Waals surface area (Å²) >= 11 is 0. The molecular formula is C59H67HfNO2-2. The third kappa shape index (κ3) is 10.7. The average Bonchev–Trinajstić information content (AvgIpc) is 3.19. The molecule has 0 atom stereocenters. The minimum Gasteiger partial charge on any atom is -0.507 e. The van der Waals surface area contributed by atoms with Gasteiger partial charge in [0, 0.05) is 59.2 Å². The number of hydrogen-bond acceptors (Lipinski definition) is 3. The molecule has 1 heterocycles. The van der Waals surface area contributed by atoms with Gasteiger partial charge in [0.05, 0.1) is 11.4 Å². The smallest absolute Gasteiger partial charge is 0.131 e. The normalized spacial score (nSPS) is 11.9. The first kappa shape index (κ1) is 50.6. The molecule has 3 nitrogen and oxygen atoms in total. The van der Waals surface area contributed by atoms with E-state index in [2.05, 4.69) is 144 Å². The van der Waals surface area contributed by atoms with E-state index in [0.29, 0.717) is 0 Å². The van der Waals surface area contributed by atoms with E-state index in [1.807, 2.05) is 78.9 Å². The first-order valence-corrected chi connectivity index (χ1v) is 21.2. The van der Waals surface area contributed by atoms with Crippen molar-refractivity contribution in [3.05, 3.63) is 177 Å². The summed E-state index contributed by atoms with van der Waals surface area (Å²) in [6.45, 7) is 26.8. The van der Waals surface area contributed by atoms with E-state index < -0.39 is 0 Å². The van der Waals surface area contributed by atoms with Crippen LogP contribution in [0.5, 0.6) is 11.5 Å². The summed E-state index contributed by atoms with van der Waals surface area (Å²) in [5, 5.41) is 24.3. The van der Waals surface area contributed by atoms with Gasteiger partial charge in [-0.2, -0.15) is 0 Å². The van der Waals surface area contributed by atoms with E-state index in [1.165, 1.54) is 22.3 Å². The molecule has 7 rings (SSSR count). The number of hydrogen-bond donors (Lipinski definition) is 2. The molecule has 0 amide bonds. The van der Waals surface area contributed by atoms with Gasteiger partial charge in [-0.25, -0.2) is 4.98 Å². The van der Waals surface area contributed by atoms with Crippen LogP contribution in [0, 0.1) is 14.9 Å². The van der Waals surface area contributed by atoms with Gasteiger partial charge < -0.3 is 25.1 Å². The van der Waals surface area contributed by atoms with Crippen molar-refractivity contribution in [2.24, 2.45) is 0 Å². The fourth-order valence-electron chi connectivity index (χ4n) is 7.90. The zero-order valence-corrected chi connectivity index (χ0v) is 43.7. The maximum Gasteiger partial charge on any atom is 0.131 e. The van der Waals surface area contributed by atoms with Crippen LogP contribution in [0.1, 0.15) is 105 Å². The van der Waals surface area contributed by atoms with Crippen LogP contribution in [0.15, 0.2) is 140 Å². The number of phenolic OH excluding ortho intramolecular Hbond substituents is 2. The molecule has 0 aliphatic rings. The van der Waals surface area contributed by atoms with E-state index >= 15 is 0 Å². The van der Waals surface area contributed by atoms with Gasteiger partial charge in [-0.05, 0) is 78.3 Å². The van der Waals surface area contributed by atoms with Crippen molar-refractivity contribution < 1.29 is 36.1 Å². The van der Waals surface area contributed by atoms with Crippen LogP contribution < -0.4 is 0 Å². The van der Waals surface area contributed by atoms with Crippen LogP contribution in [-0.4, -0.2) is 15.2 Å². The van der Waals surface area contributed by atoms with Crippen LogP contribution in [0.2, 0.25) is 0 Å². The van der Waals surface area contributed by atoms with Gasteiger partial charge in [0.1, 0.15) is 11.5 Å². The minimum atomic E-state index is -0.0547. The second kappa shape index (κ2) is 19.0. The largest absolute Gasteiger partial charge is 0.507 e. The number of benzene rings is 6. The maximum absolute atomic E-state index is 12.1. The number of nitrogens with zero attached hydrogens (tertiary/aromatic N) is 1. The van der Waals surface area contributed by atoms with Gasteiger partial charge in [0.25, 0.3) is 0 Å². The van der Waals surface area contributed by atoms with Crippen molar-refractivity contribution in [3.63, 3.8) is 0 Å². The topological polar surface area (TPSA) is 53.4 Å². The summed E-state index contributed by atoms with van der Waals surface area (Å²) in [5.74, 6) is 0.491. The predicted molar refractivity (Wildman–Crippen MR) is 268 cm³/mol. The Morgan fingerprint density at radius 2 is 0.571 bits per heavy atom. The van der Waals surface area contributed by atoms with Crippen molar-refractivity contribution >= 4 is 0 Å². The summed E-state index contributed by atoms with van der Waals surface area (Å²) in [5.41, 5.74) is 15.1. The van der Waals surface area contributed by atoms with Gasteiger partial charge in [-0.3, -0.25) is 0 Å². The molecular weight excluding hydrogens is 933 g/mol. The number of aromatic hydroxyl groups is 2. The van der Waals surface area contributed by atoms with Crippen LogP contribution in [0.4, 0.5) is 0 Å². The first-order valence-electron chi connectivity index (χ1n) is 21.2. The Kier molecular flexibility index (Phi) is 15.2. The Bertz CT molecular complexity index is 2470. The van der Waals surface area contributed by atoms with Gasteiger partial charge in [-0.1, -0.05) is 210 Å². The quantitative estimate of drug-likeness (QED) is 0.129. The van der Waals surface area contributed by atoms with E-state index in [-0.39, 0.29) is 73.9 Å². The zero-order valence-electron chi connectivity index (χ0n) is 40.1. The molecule has 0 bridgehead atoms. The van der Waals surface area contributed by atoms with Crippen molar-refractivity contribution in [3.8, 4) is 78.5 Å². The van der Waals surface area contributed by atoms with Gasteiger partial charge in [0.15, 0.2) is 0 Å². The summed E-state index contributed by atoms with van der Waals surface area (Å²) in [7, 11) is 0. The van der Waals surface area contributed by atoms with Crippen LogP contribution in [-0.2, 0) is 47.5 Å². The summed E-state index contributed by atoms with van der Waals surface area (Å²) < 4.78 is 0. The Hall–Kier alpha value is -5.06. The molecule has 0 unspecified atom stereocenters. The van der Waals surface area contributed by atoms with Crippen molar-refractivity contribution in [1.82, 2.24) is 4.98 Å². The Morgan fingerprint density at radius 1 is 0.317 bits per heavy atom. The van der Waals surface area contributed by atoms with Gasteiger partial charge in [-0.15, -0.1) is 0 Å².